The summed E-state index contributed by atoms with van der Waals surface area (Å²) in [5, 5.41) is 3.04. The second-order valence-corrected chi connectivity index (χ2v) is 8.07. The summed E-state index contributed by atoms with van der Waals surface area (Å²) in [6.07, 6.45) is 4.13. The van der Waals surface area contributed by atoms with Gasteiger partial charge in [0.25, 0.3) is 0 Å². The van der Waals surface area contributed by atoms with E-state index in [-0.39, 0.29) is 12.0 Å². The largest absolute Gasteiger partial charge is 0.484 e. The van der Waals surface area contributed by atoms with Gasteiger partial charge in [0, 0.05) is 37.8 Å². The summed E-state index contributed by atoms with van der Waals surface area (Å²) >= 11 is 0. The van der Waals surface area contributed by atoms with E-state index in [1.165, 1.54) is 0 Å². The maximum absolute atomic E-state index is 12.6. The third-order valence-corrected chi connectivity index (χ3v) is 5.85. The monoisotopic (exact) mass is 426 g/mol. The molecule has 162 valence electrons. The number of imidazole rings is 1. The minimum Gasteiger partial charge on any atom is -0.484 e. The van der Waals surface area contributed by atoms with Crippen LogP contribution in [-0.4, -0.2) is 33.3 Å². The SMILES string of the molecule is O=C(CCN1Cc2ccccc2OC(c2ccccc2)C1)NCc1cnc2ccccn12. The van der Waals surface area contributed by atoms with E-state index in [1.807, 2.05) is 71.4 Å². The molecule has 1 amide bonds. The molecule has 0 saturated heterocycles. The zero-order chi connectivity index (χ0) is 21.8. The van der Waals surface area contributed by atoms with Gasteiger partial charge in [0.1, 0.15) is 17.5 Å². The van der Waals surface area contributed by atoms with E-state index >= 15 is 0 Å². The highest BCUT2D eigenvalue weighted by Crippen LogP contribution is 2.31. The van der Waals surface area contributed by atoms with E-state index < -0.39 is 0 Å². The third kappa shape index (κ3) is 4.50. The number of aromatic nitrogens is 2. The van der Waals surface area contributed by atoms with E-state index in [1.54, 1.807) is 0 Å². The molecule has 5 rings (SSSR count). The highest BCUT2D eigenvalue weighted by Gasteiger charge is 2.24. The lowest BCUT2D eigenvalue weighted by Gasteiger charge is -2.24. The Hall–Kier alpha value is -3.64. The Morgan fingerprint density at radius 3 is 2.75 bits per heavy atom. The zero-order valence-electron chi connectivity index (χ0n) is 17.9. The normalized spacial score (nSPS) is 16.2. The van der Waals surface area contributed by atoms with Crippen molar-refractivity contribution in [3.8, 4) is 5.75 Å². The van der Waals surface area contributed by atoms with Gasteiger partial charge in [-0.1, -0.05) is 54.6 Å². The minimum atomic E-state index is -0.0685. The Labute approximate surface area is 187 Å². The summed E-state index contributed by atoms with van der Waals surface area (Å²) in [6.45, 7) is 2.63. The van der Waals surface area contributed by atoms with Crippen LogP contribution >= 0.6 is 0 Å². The highest BCUT2D eigenvalue weighted by atomic mass is 16.5. The van der Waals surface area contributed by atoms with E-state index in [2.05, 4.69) is 33.4 Å². The van der Waals surface area contributed by atoms with Gasteiger partial charge in [-0.3, -0.25) is 9.69 Å². The Bertz CT molecular complexity index is 1200. The molecule has 6 nitrogen and oxygen atoms in total. The van der Waals surface area contributed by atoms with Crippen LogP contribution in [-0.2, 0) is 17.9 Å². The number of ether oxygens (including phenoxy) is 1. The molecule has 2 aromatic carbocycles. The number of amides is 1. The van der Waals surface area contributed by atoms with Crippen LogP contribution in [0, 0.1) is 0 Å². The molecule has 0 aliphatic carbocycles. The first-order chi connectivity index (χ1) is 15.8. The highest BCUT2D eigenvalue weighted by molar-refractivity contribution is 5.76. The molecule has 6 heteroatoms. The first-order valence-corrected chi connectivity index (χ1v) is 11.0. The van der Waals surface area contributed by atoms with Gasteiger partial charge in [-0.2, -0.15) is 0 Å². The van der Waals surface area contributed by atoms with E-state index in [4.69, 9.17) is 4.74 Å². The maximum atomic E-state index is 12.6. The van der Waals surface area contributed by atoms with Crippen molar-refractivity contribution in [1.82, 2.24) is 19.6 Å². The van der Waals surface area contributed by atoms with Crippen molar-refractivity contribution < 1.29 is 9.53 Å². The van der Waals surface area contributed by atoms with Gasteiger partial charge in [0.15, 0.2) is 0 Å². The van der Waals surface area contributed by atoms with Gasteiger partial charge in [0.05, 0.1) is 18.4 Å². The summed E-state index contributed by atoms with van der Waals surface area (Å²) < 4.78 is 8.36. The number of rotatable bonds is 6. The van der Waals surface area contributed by atoms with Crippen LogP contribution in [0.15, 0.2) is 85.2 Å². The van der Waals surface area contributed by atoms with Crippen LogP contribution in [0.1, 0.15) is 29.3 Å². The van der Waals surface area contributed by atoms with Crippen molar-refractivity contribution in [3.63, 3.8) is 0 Å². The zero-order valence-corrected chi connectivity index (χ0v) is 17.9. The average molecular weight is 427 g/mol. The molecule has 2 aromatic heterocycles. The number of nitrogens with zero attached hydrogens (tertiary/aromatic N) is 3. The number of carbonyl (C=O) groups is 1. The lowest BCUT2D eigenvalue weighted by Crippen LogP contribution is -2.33. The molecule has 1 N–H and O–H groups in total. The second-order valence-electron chi connectivity index (χ2n) is 8.07. The predicted octanol–water partition coefficient (Wildman–Crippen LogP) is 3.98. The fraction of sp³-hybridized carbons (Fsp3) is 0.231. The maximum Gasteiger partial charge on any atom is 0.221 e. The lowest BCUT2D eigenvalue weighted by atomic mass is 10.1. The number of hydrogen-bond acceptors (Lipinski definition) is 4. The molecule has 0 fully saturated rings. The minimum absolute atomic E-state index is 0.0330. The molecule has 0 saturated carbocycles. The van der Waals surface area contributed by atoms with Gasteiger partial charge >= 0.3 is 0 Å². The van der Waals surface area contributed by atoms with Crippen LogP contribution in [0.5, 0.6) is 5.75 Å². The molecule has 1 unspecified atom stereocenters. The summed E-state index contributed by atoms with van der Waals surface area (Å²) in [7, 11) is 0. The van der Waals surface area contributed by atoms with Crippen molar-refractivity contribution >= 4 is 11.6 Å². The summed E-state index contributed by atoms with van der Waals surface area (Å²) in [4.78, 5) is 19.3. The molecule has 0 spiro atoms. The number of benzene rings is 2. The molecule has 1 atom stereocenters. The van der Waals surface area contributed by atoms with E-state index in [9.17, 15) is 4.79 Å². The fourth-order valence-electron chi connectivity index (χ4n) is 4.14. The molecule has 32 heavy (non-hydrogen) atoms. The molecule has 1 aliphatic rings. The molecule has 1 aliphatic heterocycles. The fourth-order valence-corrected chi connectivity index (χ4v) is 4.14. The molecule has 3 heterocycles. The van der Waals surface area contributed by atoms with Gasteiger partial charge < -0.3 is 14.5 Å². The topological polar surface area (TPSA) is 58.9 Å². The molecule has 4 aromatic rings. The summed E-state index contributed by atoms with van der Waals surface area (Å²) in [5.41, 5.74) is 4.14. The first kappa shape index (κ1) is 20.3. The van der Waals surface area contributed by atoms with E-state index in [0.717, 1.165) is 41.3 Å². The van der Waals surface area contributed by atoms with Crippen LogP contribution in [0.4, 0.5) is 0 Å². The summed E-state index contributed by atoms with van der Waals surface area (Å²) in [5.74, 6) is 0.950. The van der Waals surface area contributed by atoms with Crippen molar-refractivity contribution in [3.05, 3.63) is 102 Å². The summed E-state index contributed by atoms with van der Waals surface area (Å²) in [6, 6.07) is 24.3. The Balaban J connectivity index is 1.23. The second kappa shape index (κ2) is 9.24. The van der Waals surface area contributed by atoms with Crippen LogP contribution in [0.2, 0.25) is 0 Å². The predicted molar refractivity (Wildman–Crippen MR) is 123 cm³/mol. The Morgan fingerprint density at radius 1 is 1.03 bits per heavy atom. The number of para-hydroxylation sites is 1. The Morgan fingerprint density at radius 2 is 1.84 bits per heavy atom. The number of pyridine rings is 1. The van der Waals surface area contributed by atoms with Crippen molar-refractivity contribution in [2.75, 3.05) is 13.1 Å². The number of nitrogens with one attached hydrogen (secondary N) is 1. The van der Waals surface area contributed by atoms with Crippen LogP contribution < -0.4 is 10.1 Å². The van der Waals surface area contributed by atoms with Crippen LogP contribution in [0.3, 0.4) is 0 Å². The number of hydrogen-bond donors (Lipinski definition) is 1. The number of fused-ring (bicyclic) bond motifs is 2. The van der Waals surface area contributed by atoms with Gasteiger partial charge in [0.2, 0.25) is 5.91 Å². The third-order valence-electron chi connectivity index (χ3n) is 5.85. The molecular formula is C26H26N4O2. The molecule has 0 radical (unpaired) electrons. The van der Waals surface area contributed by atoms with Gasteiger partial charge in [-0.15, -0.1) is 0 Å². The molecule has 0 bridgehead atoms. The first-order valence-electron chi connectivity index (χ1n) is 11.0. The lowest BCUT2D eigenvalue weighted by molar-refractivity contribution is -0.121. The van der Waals surface area contributed by atoms with Crippen molar-refractivity contribution in [1.29, 1.82) is 0 Å². The van der Waals surface area contributed by atoms with Crippen LogP contribution in [0.25, 0.3) is 5.65 Å². The average Bonchev–Trinajstić information content (AvgIpc) is 3.15. The van der Waals surface area contributed by atoms with E-state index in [0.29, 0.717) is 19.5 Å². The Kier molecular flexibility index (Phi) is 5.85. The van der Waals surface area contributed by atoms with Gasteiger partial charge in [-0.05, 0) is 23.8 Å². The van der Waals surface area contributed by atoms with Crippen molar-refractivity contribution in [2.24, 2.45) is 0 Å². The smallest absolute Gasteiger partial charge is 0.221 e. The quantitative estimate of drug-likeness (QED) is 0.507. The standard InChI is InChI=1S/C26H26N4O2/c31-26(28-17-22-16-27-25-12-6-7-14-30(22)25)13-15-29-18-21-10-4-5-11-23(21)32-24(19-29)20-8-2-1-3-9-20/h1-12,14,16,24H,13,15,17-19H2,(H,28,31). The number of carbonyl (C=O) groups excluding carboxylic acids is 1. The van der Waals surface area contributed by atoms with Gasteiger partial charge in [-0.25, -0.2) is 4.98 Å². The van der Waals surface area contributed by atoms with Crippen molar-refractivity contribution in [2.45, 2.75) is 25.6 Å². The molecular weight excluding hydrogens is 400 g/mol.